The zero-order valence-corrected chi connectivity index (χ0v) is 9.42. The standard InChI is InChI=1S/C10H23NO2/c1-8(11-7-9(2)12)6-10(3,4)13-5/h8-9,11-12H,6-7H2,1-5H3/t8-,9-/m1/s1. The average Bonchev–Trinajstić information content (AvgIpc) is 2.00. The smallest absolute Gasteiger partial charge is 0.0637 e. The SMILES string of the molecule is COC(C)(C)C[C@@H](C)NC[C@@H](C)O. The summed E-state index contributed by atoms with van der Waals surface area (Å²) < 4.78 is 5.31. The molecule has 0 radical (unpaired) electrons. The minimum absolute atomic E-state index is 0.0922. The van der Waals surface area contributed by atoms with Gasteiger partial charge in [-0.2, -0.15) is 0 Å². The highest BCUT2D eigenvalue weighted by atomic mass is 16.5. The summed E-state index contributed by atoms with van der Waals surface area (Å²) in [5.41, 5.74) is -0.0922. The van der Waals surface area contributed by atoms with Crippen LogP contribution in [0.4, 0.5) is 0 Å². The van der Waals surface area contributed by atoms with E-state index in [1.54, 1.807) is 14.0 Å². The number of hydrogen-bond acceptors (Lipinski definition) is 3. The molecule has 2 atom stereocenters. The molecule has 0 unspecified atom stereocenters. The first-order chi connectivity index (χ1) is 5.87. The van der Waals surface area contributed by atoms with Crippen LogP contribution in [-0.2, 0) is 4.74 Å². The van der Waals surface area contributed by atoms with Crippen molar-refractivity contribution in [3.05, 3.63) is 0 Å². The van der Waals surface area contributed by atoms with Crippen molar-refractivity contribution in [2.45, 2.75) is 51.9 Å². The number of aliphatic hydroxyl groups is 1. The number of methoxy groups -OCH3 is 1. The highest BCUT2D eigenvalue weighted by Crippen LogP contribution is 2.15. The Bertz CT molecular complexity index is 135. The fourth-order valence-electron chi connectivity index (χ4n) is 1.26. The van der Waals surface area contributed by atoms with Gasteiger partial charge >= 0.3 is 0 Å². The Morgan fingerprint density at radius 1 is 1.38 bits per heavy atom. The van der Waals surface area contributed by atoms with Gasteiger partial charge in [-0.25, -0.2) is 0 Å². The van der Waals surface area contributed by atoms with Crippen molar-refractivity contribution in [2.24, 2.45) is 0 Å². The number of rotatable bonds is 6. The van der Waals surface area contributed by atoms with Gasteiger partial charge in [0.2, 0.25) is 0 Å². The zero-order valence-electron chi connectivity index (χ0n) is 9.42. The first-order valence-electron chi connectivity index (χ1n) is 4.84. The molecule has 3 nitrogen and oxygen atoms in total. The average molecular weight is 189 g/mol. The van der Waals surface area contributed by atoms with Crippen molar-refractivity contribution in [3.63, 3.8) is 0 Å². The molecule has 0 spiro atoms. The summed E-state index contributed by atoms with van der Waals surface area (Å²) in [6.07, 6.45) is 0.657. The van der Waals surface area contributed by atoms with Gasteiger partial charge < -0.3 is 15.2 Å². The number of aliphatic hydroxyl groups excluding tert-OH is 1. The summed E-state index contributed by atoms with van der Waals surface area (Å²) >= 11 is 0. The lowest BCUT2D eigenvalue weighted by atomic mass is 10.00. The largest absolute Gasteiger partial charge is 0.392 e. The van der Waals surface area contributed by atoms with E-state index >= 15 is 0 Å². The quantitative estimate of drug-likeness (QED) is 0.659. The molecule has 0 heterocycles. The van der Waals surface area contributed by atoms with Gasteiger partial charge in [-0.1, -0.05) is 0 Å². The summed E-state index contributed by atoms with van der Waals surface area (Å²) in [4.78, 5) is 0. The third-order valence-electron chi connectivity index (χ3n) is 2.11. The first kappa shape index (κ1) is 12.9. The van der Waals surface area contributed by atoms with E-state index in [4.69, 9.17) is 9.84 Å². The van der Waals surface area contributed by atoms with Gasteiger partial charge in [-0.3, -0.25) is 0 Å². The fourth-order valence-corrected chi connectivity index (χ4v) is 1.26. The minimum Gasteiger partial charge on any atom is -0.392 e. The van der Waals surface area contributed by atoms with E-state index in [0.29, 0.717) is 12.6 Å². The highest BCUT2D eigenvalue weighted by molar-refractivity contribution is 4.75. The molecule has 0 amide bonds. The summed E-state index contributed by atoms with van der Waals surface area (Å²) in [5.74, 6) is 0. The van der Waals surface area contributed by atoms with Crippen LogP contribution < -0.4 is 5.32 Å². The molecule has 13 heavy (non-hydrogen) atoms. The second-order valence-corrected chi connectivity index (χ2v) is 4.33. The Kier molecular flexibility index (Phi) is 5.53. The van der Waals surface area contributed by atoms with E-state index in [2.05, 4.69) is 26.1 Å². The third kappa shape index (κ3) is 6.99. The molecule has 0 aromatic rings. The Balaban J connectivity index is 3.67. The van der Waals surface area contributed by atoms with E-state index in [1.807, 2.05) is 0 Å². The Morgan fingerprint density at radius 3 is 2.31 bits per heavy atom. The molecule has 2 N–H and O–H groups in total. The lowest BCUT2D eigenvalue weighted by Gasteiger charge is -2.27. The second-order valence-electron chi connectivity index (χ2n) is 4.33. The maximum absolute atomic E-state index is 9.06. The Morgan fingerprint density at radius 2 is 1.92 bits per heavy atom. The lowest BCUT2D eigenvalue weighted by molar-refractivity contribution is 0.00772. The number of nitrogens with one attached hydrogen (secondary N) is 1. The summed E-state index contributed by atoms with van der Waals surface area (Å²) in [6, 6.07) is 0.365. The predicted octanol–water partition coefficient (Wildman–Crippen LogP) is 1.16. The molecule has 0 saturated carbocycles. The molecular weight excluding hydrogens is 166 g/mol. The molecule has 0 rings (SSSR count). The van der Waals surface area contributed by atoms with Crippen LogP contribution in [0.2, 0.25) is 0 Å². The third-order valence-corrected chi connectivity index (χ3v) is 2.11. The van der Waals surface area contributed by atoms with Crippen LogP contribution >= 0.6 is 0 Å². The van der Waals surface area contributed by atoms with Crippen LogP contribution in [0.1, 0.15) is 34.1 Å². The summed E-state index contributed by atoms with van der Waals surface area (Å²) in [7, 11) is 1.72. The van der Waals surface area contributed by atoms with E-state index in [9.17, 15) is 0 Å². The maximum Gasteiger partial charge on any atom is 0.0637 e. The number of hydrogen-bond donors (Lipinski definition) is 2. The van der Waals surface area contributed by atoms with Crippen molar-refractivity contribution >= 4 is 0 Å². The normalized spacial score (nSPS) is 17.1. The Hall–Kier alpha value is -0.120. The molecule has 0 aromatic heterocycles. The van der Waals surface area contributed by atoms with Crippen LogP contribution in [0.5, 0.6) is 0 Å². The van der Waals surface area contributed by atoms with Gasteiger partial charge in [0.15, 0.2) is 0 Å². The van der Waals surface area contributed by atoms with Crippen LogP contribution in [0, 0.1) is 0 Å². The van der Waals surface area contributed by atoms with Crippen LogP contribution in [0.3, 0.4) is 0 Å². The van der Waals surface area contributed by atoms with Gasteiger partial charge in [0.05, 0.1) is 11.7 Å². The predicted molar refractivity (Wildman–Crippen MR) is 54.9 cm³/mol. The van der Waals surface area contributed by atoms with Gasteiger partial charge in [-0.05, 0) is 34.1 Å². The van der Waals surface area contributed by atoms with Crippen molar-refractivity contribution in [1.82, 2.24) is 5.32 Å². The highest BCUT2D eigenvalue weighted by Gasteiger charge is 2.19. The molecule has 0 aliphatic rings. The molecule has 0 aromatic carbocycles. The van der Waals surface area contributed by atoms with Crippen LogP contribution in [0.15, 0.2) is 0 Å². The molecule has 0 saturated heterocycles. The van der Waals surface area contributed by atoms with Crippen molar-refractivity contribution in [2.75, 3.05) is 13.7 Å². The van der Waals surface area contributed by atoms with Crippen LogP contribution in [-0.4, -0.2) is 36.5 Å². The fraction of sp³-hybridized carbons (Fsp3) is 1.00. The number of ether oxygens (including phenoxy) is 1. The lowest BCUT2D eigenvalue weighted by Crippen LogP contribution is -2.38. The van der Waals surface area contributed by atoms with Crippen LogP contribution in [0.25, 0.3) is 0 Å². The van der Waals surface area contributed by atoms with Crippen molar-refractivity contribution in [1.29, 1.82) is 0 Å². The molecule has 0 fully saturated rings. The van der Waals surface area contributed by atoms with Gasteiger partial charge in [-0.15, -0.1) is 0 Å². The summed E-state index contributed by atoms with van der Waals surface area (Å²) in [5, 5.41) is 12.3. The van der Waals surface area contributed by atoms with Gasteiger partial charge in [0.1, 0.15) is 0 Å². The minimum atomic E-state index is -0.284. The van der Waals surface area contributed by atoms with E-state index in [-0.39, 0.29) is 11.7 Å². The van der Waals surface area contributed by atoms with E-state index < -0.39 is 0 Å². The second kappa shape index (κ2) is 5.58. The topological polar surface area (TPSA) is 41.5 Å². The monoisotopic (exact) mass is 189 g/mol. The van der Waals surface area contributed by atoms with Gasteiger partial charge in [0, 0.05) is 19.7 Å². The van der Waals surface area contributed by atoms with E-state index in [1.165, 1.54) is 0 Å². The molecule has 0 aliphatic carbocycles. The Labute approximate surface area is 81.5 Å². The molecule has 0 aliphatic heterocycles. The molecule has 3 heteroatoms. The van der Waals surface area contributed by atoms with Crippen molar-refractivity contribution in [3.8, 4) is 0 Å². The first-order valence-corrected chi connectivity index (χ1v) is 4.84. The van der Waals surface area contributed by atoms with E-state index in [0.717, 1.165) is 6.42 Å². The molecule has 80 valence electrons. The molecular formula is C10H23NO2. The summed E-state index contributed by atoms with van der Waals surface area (Å²) in [6.45, 7) is 8.65. The maximum atomic E-state index is 9.06. The zero-order chi connectivity index (χ0) is 10.5. The van der Waals surface area contributed by atoms with Gasteiger partial charge in [0.25, 0.3) is 0 Å². The van der Waals surface area contributed by atoms with Crippen molar-refractivity contribution < 1.29 is 9.84 Å². The molecule has 0 bridgehead atoms.